The number of aliphatic hydroxyl groups is 1. The fourth-order valence-electron chi connectivity index (χ4n) is 1.05. The zero-order chi connectivity index (χ0) is 8.43. The molecule has 60 valence electrons. The number of aliphatic hydroxyl groups excluding tert-OH is 1. The van der Waals surface area contributed by atoms with Crippen LogP contribution in [0.1, 0.15) is 6.92 Å². The molecule has 0 aromatic heterocycles. The van der Waals surface area contributed by atoms with Gasteiger partial charge in [0.05, 0.1) is 0 Å². The van der Waals surface area contributed by atoms with E-state index >= 15 is 0 Å². The molecule has 1 N–H and O–H groups in total. The van der Waals surface area contributed by atoms with Gasteiger partial charge >= 0.3 is 0 Å². The molecule has 1 rings (SSSR count). The van der Waals surface area contributed by atoms with Crippen LogP contribution in [0.4, 0.5) is 0 Å². The van der Waals surface area contributed by atoms with Crippen molar-refractivity contribution in [2.24, 2.45) is 0 Å². The number of hydrogen-bond acceptors (Lipinski definition) is 2. The van der Waals surface area contributed by atoms with Gasteiger partial charge in [-0.05, 0) is 12.5 Å². The third kappa shape index (κ3) is 1.33. The molecule has 0 radical (unpaired) electrons. The average Bonchev–Trinajstić information content (AvgIpc) is 2.17. The second kappa shape index (κ2) is 2.88. The van der Waals surface area contributed by atoms with E-state index in [9.17, 15) is 9.90 Å². The highest BCUT2D eigenvalue weighted by Crippen LogP contribution is 2.15. The molecule has 0 bridgehead atoms. The van der Waals surface area contributed by atoms with E-state index in [0.717, 1.165) is 0 Å². The molecular formula is C8H11NO2. The Morgan fingerprint density at radius 2 is 2.55 bits per heavy atom. The maximum Gasteiger partial charge on any atom is 0.249 e. The van der Waals surface area contributed by atoms with Gasteiger partial charge in [-0.15, -0.1) is 6.58 Å². The Labute approximate surface area is 65.6 Å². The van der Waals surface area contributed by atoms with E-state index in [4.69, 9.17) is 0 Å². The molecule has 0 fully saturated rings. The van der Waals surface area contributed by atoms with Gasteiger partial charge in [-0.1, -0.05) is 6.08 Å². The maximum absolute atomic E-state index is 11.0. The maximum atomic E-state index is 11.0. The van der Waals surface area contributed by atoms with Crippen molar-refractivity contribution < 1.29 is 9.90 Å². The van der Waals surface area contributed by atoms with Crippen molar-refractivity contribution >= 4 is 5.91 Å². The lowest BCUT2D eigenvalue weighted by molar-refractivity contribution is -0.130. The number of nitrogens with zero attached hydrogens (tertiary/aromatic N) is 1. The van der Waals surface area contributed by atoms with Gasteiger partial charge in [-0.2, -0.15) is 0 Å². The van der Waals surface area contributed by atoms with E-state index in [0.29, 0.717) is 12.1 Å². The molecule has 1 unspecified atom stereocenters. The first-order valence-corrected chi connectivity index (χ1v) is 3.44. The standard InChI is InChI=1S/C8H11NO2/c1-3-4-9-7(10)5-6(2)8(9)11/h3,5,8,11H,1,4H2,2H3. The van der Waals surface area contributed by atoms with Gasteiger partial charge in [0.25, 0.3) is 0 Å². The smallest absolute Gasteiger partial charge is 0.249 e. The predicted molar refractivity (Wildman–Crippen MR) is 41.7 cm³/mol. The molecule has 3 heteroatoms. The highest BCUT2D eigenvalue weighted by atomic mass is 16.3. The van der Waals surface area contributed by atoms with Crippen molar-refractivity contribution in [1.29, 1.82) is 0 Å². The monoisotopic (exact) mass is 153 g/mol. The lowest BCUT2D eigenvalue weighted by Crippen LogP contribution is -2.34. The third-order valence-corrected chi connectivity index (χ3v) is 1.66. The van der Waals surface area contributed by atoms with Gasteiger partial charge in [0, 0.05) is 12.6 Å². The van der Waals surface area contributed by atoms with Crippen LogP contribution in [0.15, 0.2) is 24.3 Å². The zero-order valence-electron chi connectivity index (χ0n) is 6.45. The predicted octanol–water partition coefficient (Wildman–Crippen LogP) is 0.279. The summed E-state index contributed by atoms with van der Waals surface area (Å²) >= 11 is 0. The fraction of sp³-hybridized carbons (Fsp3) is 0.375. The Morgan fingerprint density at radius 3 is 2.91 bits per heavy atom. The van der Waals surface area contributed by atoms with Gasteiger partial charge in [0.1, 0.15) is 0 Å². The van der Waals surface area contributed by atoms with Crippen LogP contribution >= 0.6 is 0 Å². The number of carbonyl (C=O) groups is 1. The van der Waals surface area contributed by atoms with Gasteiger partial charge < -0.3 is 10.0 Å². The lowest BCUT2D eigenvalue weighted by atomic mass is 10.3. The summed E-state index contributed by atoms with van der Waals surface area (Å²) < 4.78 is 0. The number of amides is 1. The molecule has 0 saturated carbocycles. The Balaban J connectivity index is 2.71. The second-order valence-corrected chi connectivity index (χ2v) is 2.54. The van der Waals surface area contributed by atoms with E-state index < -0.39 is 6.23 Å². The minimum absolute atomic E-state index is 0.144. The van der Waals surface area contributed by atoms with Crippen LogP contribution in [0.5, 0.6) is 0 Å². The fourth-order valence-corrected chi connectivity index (χ4v) is 1.05. The minimum atomic E-state index is -0.750. The van der Waals surface area contributed by atoms with Gasteiger partial charge in [-0.3, -0.25) is 4.79 Å². The topological polar surface area (TPSA) is 40.5 Å². The van der Waals surface area contributed by atoms with Crippen molar-refractivity contribution in [1.82, 2.24) is 4.90 Å². The summed E-state index contributed by atoms with van der Waals surface area (Å²) in [7, 11) is 0. The molecule has 1 amide bonds. The Hall–Kier alpha value is -1.09. The number of hydrogen-bond donors (Lipinski definition) is 1. The molecule has 1 atom stereocenters. The summed E-state index contributed by atoms with van der Waals surface area (Å²) in [4.78, 5) is 12.4. The molecule has 0 aromatic carbocycles. The quantitative estimate of drug-likeness (QED) is 0.579. The van der Waals surface area contributed by atoms with Crippen molar-refractivity contribution in [3.05, 3.63) is 24.3 Å². The molecule has 1 aliphatic heterocycles. The molecule has 3 nitrogen and oxygen atoms in total. The molecular weight excluding hydrogens is 142 g/mol. The van der Waals surface area contributed by atoms with Crippen LogP contribution in [0.25, 0.3) is 0 Å². The summed E-state index contributed by atoms with van der Waals surface area (Å²) in [6, 6.07) is 0. The highest BCUT2D eigenvalue weighted by Gasteiger charge is 2.26. The van der Waals surface area contributed by atoms with Crippen LogP contribution in [0, 0.1) is 0 Å². The molecule has 0 spiro atoms. The number of rotatable bonds is 2. The summed E-state index contributed by atoms with van der Waals surface area (Å²) in [5, 5.41) is 9.35. The Morgan fingerprint density at radius 1 is 1.91 bits per heavy atom. The molecule has 0 aromatic rings. The van der Waals surface area contributed by atoms with E-state index in [2.05, 4.69) is 6.58 Å². The third-order valence-electron chi connectivity index (χ3n) is 1.66. The summed E-state index contributed by atoms with van der Waals surface area (Å²) in [5.41, 5.74) is 0.692. The number of carbonyl (C=O) groups excluding carboxylic acids is 1. The van der Waals surface area contributed by atoms with Gasteiger partial charge in [0.2, 0.25) is 5.91 Å². The Bertz CT molecular complexity index is 220. The van der Waals surface area contributed by atoms with Crippen LogP contribution in [0.3, 0.4) is 0 Å². The highest BCUT2D eigenvalue weighted by molar-refractivity contribution is 5.91. The molecule has 1 aliphatic rings. The summed E-state index contributed by atoms with van der Waals surface area (Å²) in [6.45, 7) is 5.61. The zero-order valence-corrected chi connectivity index (χ0v) is 6.45. The normalized spacial score (nSPS) is 23.8. The van der Waals surface area contributed by atoms with E-state index in [1.165, 1.54) is 11.0 Å². The van der Waals surface area contributed by atoms with Crippen LogP contribution in [0.2, 0.25) is 0 Å². The van der Waals surface area contributed by atoms with Crippen molar-refractivity contribution in [3.8, 4) is 0 Å². The lowest BCUT2D eigenvalue weighted by Gasteiger charge is -2.19. The van der Waals surface area contributed by atoms with E-state index in [1.54, 1.807) is 13.0 Å². The summed E-state index contributed by atoms with van der Waals surface area (Å²) in [6.07, 6.45) is 2.28. The average molecular weight is 153 g/mol. The van der Waals surface area contributed by atoms with Crippen molar-refractivity contribution in [2.45, 2.75) is 13.2 Å². The molecule has 0 aliphatic carbocycles. The van der Waals surface area contributed by atoms with E-state index in [1.807, 2.05) is 0 Å². The van der Waals surface area contributed by atoms with Crippen LogP contribution < -0.4 is 0 Å². The van der Waals surface area contributed by atoms with Crippen molar-refractivity contribution in [2.75, 3.05) is 6.54 Å². The molecule has 0 saturated heterocycles. The van der Waals surface area contributed by atoms with Crippen LogP contribution in [-0.4, -0.2) is 28.7 Å². The van der Waals surface area contributed by atoms with Crippen molar-refractivity contribution in [3.63, 3.8) is 0 Å². The molecule has 11 heavy (non-hydrogen) atoms. The Kier molecular flexibility index (Phi) is 2.10. The second-order valence-electron chi connectivity index (χ2n) is 2.54. The van der Waals surface area contributed by atoms with E-state index in [-0.39, 0.29) is 5.91 Å². The SMILES string of the molecule is C=CCN1C(=O)C=C(C)C1O. The minimum Gasteiger partial charge on any atom is -0.369 e. The first-order chi connectivity index (χ1) is 5.16. The van der Waals surface area contributed by atoms with Crippen LogP contribution in [-0.2, 0) is 4.79 Å². The van der Waals surface area contributed by atoms with Gasteiger partial charge in [-0.25, -0.2) is 0 Å². The largest absolute Gasteiger partial charge is 0.369 e. The summed E-state index contributed by atoms with van der Waals surface area (Å²) in [5.74, 6) is -0.144. The van der Waals surface area contributed by atoms with Gasteiger partial charge in [0.15, 0.2) is 6.23 Å². The first kappa shape index (κ1) is 8.01. The molecule has 1 heterocycles. The first-order valence-electron chi connectivity index (χ1n) is 3.44.